The Kier molecular flexibility index (Phi) is 1.33. The van der Waals surface area contributed by atoms with Crippen LogP contribution in [0.25, 0.3) is 0 Å². The molecule has 0 unspecified atom stereocenters. The zero-order chi connectivity index (χ0) is 5.98. The Bertz CT molecular complexity index is 128. The molecule has 44 valence electrons. The van der Waals surface area contributed by atoms with E-state index in [1.807, 2.05) is 6.92 Å². The highest BCUT2D eigenvalue weighted by atomic mass is 16.1. The molecule has 0 spiro atoms. The van der Waals surface area contributed by atoms with Gasteiger partial charge in [-0.3, -0.25) is 4.79 Å². The van der Waals surface area contributed by atoms with E-state index in [2.05, 4.69) is 5.32 Å². The molecular weight excluding hydrogens is 102 g/mol. The van der Waals surface area contributed by atoms with E-state index < -0.39 is 0 Å². The lowest BCUT2D eigenvalue weighted by Crippen LogP contribution is -2.27. The molecule has 2 nitrogen and oxygen atoms in total. The lowest BCUT2D eigenvalue weighted by atomic mass is 10.1. The molecule has 0 bridgehead atoms. The first-order valence-electron chi connectivity index (χ1n) is 2.74. The second kappa shape index (κ2) is 1.99. The second-order valence-corrected chi connectivity index (χ2v) is 2.07. The van der Waals surface area contributed by atoms with Gasteiger partial charge in [-0.1, -0.05) is 0 Å². The molecule has 1 aliphatic rings. The molecule has 1 heterocycles. The molecule has 0 radical (unpaired) electrons. The first-order chi connectivity index (χ1) is 3.79. The SMILES string of the molecule is C[C@H]1CC(=O)C=CN1. The summed E-state index contributed by atoms with van der Waals surface area (Å²) in [6.45, 7) is 1.99. The van der Waals surface area contributed by atoms with E-state index >= 15 is 0 Å². The summed E-state index contributed by atoms with van der Waals surface area (Å²) >= 11 is 0. The van der Waals surface area contributed by atoms with E-state index in [0.29, 0.717) is 12.5 Å². The van der Waals surface area contributed by atoms with Crippen molar-refractivity contribution in [3.63, 3.8) is 0 Å². The maximum absolute atomic E-state index is 10.5. The van der Waals surface area contributed by atoms with E-state index in [1.165, 1.54) is 0 Å². The maximum atomic E-state index is 10.5. The van der Waals surface area contributed by atoms with Gasteiger partial charge < -0.3 is 5.32 Å². The first kappa shape index (κ1) is 5.35. The van der Waals surface area contributed by atoms with Crippen molar-refractivity contribution in [2.75, 3.05) is 0 Å². The Morgan fingerprint density at radius 1 is 1.88 bits per heavy atom. The summed E-state index contributed by atoms with van der Waals surface area (Å²) in [4.78, 5) is 10.5. The van der Waals surface area contributed by atoms with Gasteiger partial charge in [0.1, 0.15) is 0 Å². The van der Waals surface area contributed by atoms with Crippen LogP contribution in [0.15, 0.2) is 12.3 Å². The number of carbonyl (C=O) groups excluding carboxylic acids is 1. The summed E-state index contributed by atoms with van der Waals surface area (Å²) in [5, 5.41) is 3.01. The minimum Gasteiger partial charge on any atom is -0.388 e. The Balaban J connectivity index is 2.54. The monoisotopic (exact) mass is 111 g/mol. The van der Waals surface area contributed by atoms with Crippen LogP contribution in [0, 0.1) is 0 Å². The number of nitrogens with one attached hydrogen (secondary N) is 1. The van der Waals surface area contributed by atoms with Crippen LogP contribution in [-0.4, -0.2) is 11.8 Å². The van der Waals surface area contributed by atoms with Gasteiger partial charge in [0.05, 0.1) is 0 Å². The fourth-order valence-electron chi connectivity index (χ4n) is 0.734. The third-order valence-corrected chi connectivity index (χ3v) is 1.16. The summed E-state index contributed by atoms with van der Waals surface area (Å²) in [7, 11) is 0. The fraction of sp³-hybridized carbons (Fsp3) is 0.500. The fourth-order valence-corrected chi connectivity index (χ4v) is 0.734. The van der Waals surface area contributed by atoms with Gasteiger partial charge in [0.25, 0.3) is 0 Å². The molecule has 1 aliphatic heterocycles. The van der Waals surface area contributed by atoms with Crippen molar-refractivity contribution in [3.8, 4) is 0 Å². The number of ketones is 1. The van der Waals surface area contributed by atoms with Crippen LogP contribution < -0.4 is 5.32 Å². The van der Waals surface area contributed by atoms with E-state index in [4.69, 9.17) is 0 Å². The molecule has 0 aromatic heterocycles. The molecule has 8 heavy (non-hydrogen) atoms. The third kappa shape index (κ3) is 1.09. The van der Waals surface area contributed by atoms with Gasteiger partial charge in [0.2, 0.25) is 0 Å². The second-order valence-electron chi connectivity index (χ2n) is 2.07. The predicted molar refractivity (Wildman–Crippen MR) is 31.4 cm³/mol. The zero-order valence-electron chi connectivity index (χ0n) is 4.85. The van der Waals surface area contributed by atoms with Gasteiger partial charge in [-0.2, -0.15) is 0 Å². The highest BCUT2D eigenvalue weighted by Gasteiger charge is 2.07. The Morgan fingerprint density at radius 3 is 3.00 bits per heavy atom. The standard InChI is InChI=1S/C6H9NO/c1-5-4-6(8)2-3-7-5/h2-3,5,7H,4H2,1H3/t5-/m0/s1. The maximum Gasteiger partial charge on any atom is 0.159 e. The molecule has 1 rings (SSSR count). The number of allylic oxidation sites excluding steroid dienone is 1. The molecule has 2 heteroatoms. The quantitative estimate of drug-likeness (QED) is 0.491. The number of rotatable bonds is 0. The summed E-state index contributed by atoms with van der Waals surface area (Å²) in [6, 6.07) is 0.326. The van der Waals surface area contributed by atoms with Crippen LogP contribution in [0.2, 0.25) is 0 Å². The van der Waals surface area contributed by atoms with Crippen molar-refractivity contribution in [1.82, 2.24) is 5.32 Å². The number of carbonyl (C=O) groups is 1. The van der Waals surface area contributed by atoms with Crippen molar-refractivity contribution in [2.45, 2.75) is 19.4 Å². The zero-order valence-corrected chi connectivity index (χ0v) is 4.85. The van der Waals surface area contributed by atoms with Gasteiger partial charge in [-0.15, -0.1) is 0 Å². The van der Waals surface area contributed by atoms with Gasteiger partial charge in [0, 0.05) is 18.7 Å². The van der Waals surface area contributed by atoms with E-state index in [0.717, 1.165) is 0 Å². The molecule has 0 amide bonds. The average Bonchev–Trinajstić information content (AvgIpc) is 1.64. The minimum absolute atomic E-state index is 0.219. The largest absolute Gasteiger partial charge is 0.388 e. The number of hydrogen-bond donors (Lipinski definition) is 1. The molecule has 0 aliphatic carbocycles. The van der Waals surface area contributed by atoms with Crippen LogP contribution in [0.5, 0.6) is 0 Å². The van der Waals surface area contributed by atoms with Crippen LogP contribution in [-0.2, 0) is 4.79 Å². The van der Waals surface area contributed by atoms with Crippen molar-refractivity contribution in [3.05, 3.63) is 12.3 Å². The molecule has 0 aromatic rings. The summed E-state index contributed by atoms with van der Waals surface area (Å²) in [5.41, 5.74) is 0. The van der Waals surface area contributed by atoms with E-state index in [-0.39, 0.29) is 5.78 Å². The predicted octanol–water partition coefficient (Wildman–Crippen LogP) is 0.451. The minimum atomic E-state index is 0.219. The van der Waals surface area contributed by atoms with Gasteiger partial charge in [-0.25, -0.2) is 0 Å². The van der Waals surface area contributed by atoms with Crippen LogP contribution in [0.1, 0.15) is 13.3 Å². The molecule has 0 saturated heterocycles. The van der Waals surface area contributed by atoms with Gasteiger partial charge in [-0.05, 0) is 13.0 Å². The smallest absolute Gasteiger partial charge is 0.159 e. The lowest BCUT2D eigenvalue weighted by molar-refractivity contribution is -0.115. The van der Waals surface area contributed by atoms with E-state index in [1.54, 1.807) is 12.3 Å². The van der Waals surface area contributed by atoms with Crippen molar-refractivity contribution in [1.29, 1.82) is 0 Å². The van der Waals surface area contributed by atoms with Crippen LogP contribution in [0.4, 0.5) is 0 Å². The topological polar surface area (TPSA) is 29.1 Å². The molecule has 0 saturated carbocycles. The summed E-state index contributed by atoms with van der Waals surface area (Å²) < 4.78 is 0. The van der Waals surface area contributed by atoms with Gasteiger partial charge >= 0.3 is 0 Å². The first-order valence-corrected chi connectivity index (χ1v) is 2.74. The normalized spacial score (nSPS) is 27.6. The van der Waals surface area contributed by atoms with Crippen LogP contribution >= 0.6 is 0 Å². The van der Waals surface area contributed by atoms with Crippen LogP contribution in [0.3, 0.4) is 0 Å². The van der Waals surface area contributed by atoms with Gasteiger partial charge in [0.15, 0.2) is 5.78 Å². The molecule has 0 fully saturated rings. The van der Waals surface area contributed by atoms with Crippen molar-refractivity contribution in [2.24, 2.45) is 0 Å². The summed E-state index contributed by atoms with van der Waals surface area (Å²) in [5.74, 6) is 0.219. The summed E-state index contributed by atoms with van der Waals surface area (Å²) in [6.07, 6.45) is 3.91. The highest BCUT2D eigenvalue weighted by molar-refractivity contribution is 5.90. The van der Waals surface area contributed by atoms with Crippen molar-refractivity contribution >= 4 is 5.78 Å². The third-order valence-electron chi connectivity index (χ3n) is 1.16. The number of hydrogen-bond acceptors (Lipinski definition) is 2. The molecular formula is C6H9NO. The highest BCUT2D eigenvalue weighted by Crippen LogP contribution is 1.97. The van der Waals surface area contributed by atoms with Crippen molar-refractivity contribution < 1.29 is 4.79 Å². The molecule has 1 atom stereocenters. The Morgan fingerprint density at radius 2 is 2.62 bits per heavy atom. The van der Waals surface area contributed by atoms with E-state index in [9.17, 15) is 4.79 Å². The Labute approximate surface area is 48.6 Å². The molecule has 1 N–H and O–H groups in total. The Hall–Kier alpha value is -0.790. The average molecular weight is 111 g/mol. The molecule has 0 aromatic carbocycles. The lowest BCUT2D eigenvalue weighted by Gasteiger charge is -2.12.